The van der Waals surface area contributed by atoms with Crippen molar-refractivity contribution in [3.05, 3.63) is 74.3 Å². The molecule has 0 radical (unpaired) electrons. The quantitative estimate of drug-likeness (QED) is 0.0978. The van der Waals surface area contributed by atoms with Crippen LogP contribution < -0.4 is 4.74 Å². The van der Waals surface area contributed by atoms with Crippen LogP contribution in [0.1, 0.15) is 37.5 Å². The fourth-order valence-electron chi connectivity index (χ4n) is 2.69. The van der Waals surface area contributed by atoms with Gasteiger partial charge in [0.15, 0.2) is 6.10 Å². The number of thioether (sulfide) groups is 1. The molecule has 0 bridgehead atoms. The summed E-state index contributed by atoms with van der Waals surface area (Å²) in [6.45, 7) is 4.64. The normalized spacial score (nSPS) is 13.9. The van der Waals surface area contributed by atoms with E-state index in [0.29, 0.717) is 23.3 Å². The second-order valence-electron chi connectivity index (χ2n) is 7.72. The number of oxime groups is 1. The second kappa shape index (κ2) is 14.7. The standard InChI is InChI=1S/C24H24ClF3N2O8S/c1-4-35-21(31)15(3)39-22(32)14(2)38-29-12-16-5-7-17(8-6-16)13-36-23(30(33)34)37-20-10-9-18(11-19(20)25)24(26,27)28/h5-12,14-15,23H,4,13H2,1-3H3/b29-12+. The minimum atomic E-state index is -4.64. The Kier molecular flexibility index (Phi) is 12.0. The molecule has 0 spiro atoms. The molecule has 0 amide bonds. The summed E-state index contributed by atoms with van der Waals surface area (Å²) in [6, 6.07) is 8.51. The summed E-state index contributed by atoms with van der Waals surface area (Å²) in [4.78, 5) is 39.3. The van der Waals surface area contributed by atoms with E-state index < -0.39 is 50.5 Å². The number of nitrogens with zero attached hydrogens (tertiary/aromatic N) is 2. The van der Waals surface area contributed by atoms with Crippen molar-refractivity contribution in [3.8, 4) is 5.75 Å². The highest BCUT2D eigenvalue weighted by atomic mass is 35.5. The van der Waals surface area contributed by atoms with Crippen LogP contribution in [0.25, 0.3) is 0 Å². The molecule has 3 unspecified atom stereocenters. The van der Waals surface area contributed by atoms with E-state index >= 15 is 0 Å². The summed E-state index contributed by atoms with van der Waals surface area (Å²) in [6.07, 6.45) is -6.25. The molecule has 2 rings (SSSR count). The molecule has 15 heteroatoms. The largest absolute Gasteiger partial charge is 0.475 e. The Morgan fingerprint density at radius 3 is 2.41 bits per heavy atom. The summed E-state index contributed by atoms with van der Waals surface area (Å²) in [7, 11) is 0. The molecule has 3 atom stereocenters. The van der Waals surface area contributed by atoms with E-state index in [-0.39, 0.29) is 19.0 Å². The molecule has 212 valence electrons. The molecule has 0 aliphatic carbocycles. The first-order valence-electron chi connectivity index (χ1n) is 11.3. The third-order valence-corrected chi connectivity index (χ3v) is 6.10. The van der Waals surface area contributed by atoms with Crippen LogP contribution in [0.5, 0.6) is 5.75 Å². The van der Waals surface area contributed by atoms with E-state index in [4.69, 9.17) is 30.6 Å². The van der Waals surface area contributed by atoms with Crippen molar-refractivity contribution in [2.75, 3.05) is 6.61 Å². The number of ether oxygens (including phenoxy) is 3. The van der Waals surface area contributed by atoms with Gasteiger partial charge in [-0.1, -0.05) is 52.8 Å². The molecule has 0 heterocycles. The first-order chi connectivity index (χ1) is 18.3. The Hall–Kier alpha value is -3.36. The summed E-state index contributed by atoms with van der Waals surface area (Å²) in [5.74, 6) is -0.852. The summed E-state index contributed by atoms with van der Waals surface area (Å²) < 4.78 is 53.4. The maximum atomic E-state index is 12.8. The van der Waals surface area contributed by atoms with Crippen LogP contribution in [0.4, 0.5) is 13.2 Å². The Morgan fingerprint density at radius 1 is 1.18 bits per heavy atom. The molecular formula is C24H24ClF3N2O8S. The van der Waals surface area contributed by atoms with Crippen LogP contribution in [-0.2, 0) is 36.7 Å². The van der Waals surface area contributed by atoms with Crippen molar-refractivity contribution in [3.63, 3.8) is 0 Å². The molecule has 0 aliphatic rings. The van der Waals surface area contributed by atoms with Crippen LogP contribution in [0.15, 0.2) is 47.6 Å². The molecule has 2 aromatic rings. The van der Waals surface area contributed by atoms with E-state index in [9.17, 15) is 32.9 Å². The lowest BCUT2D eigenvalue weighted by atomic mass is 10.1. The molecule has 0 saturated carbocycles. The van der Waals surface area contributed by atoms with Crippen molar-refractivity contribution < 1.29 is 46.7 Å². The molecule has 2 aromatic carbocycles. The molecule has 39 heavy (non-hydrogen) atoms. The molecule has 0 N–H and O–H groups in total. The van der Waals surface area contributed by atoms with E-state index in [1.165, 1.54) is 13.1 Å². The van der Waals surface area contributed by atoms with Gasteiger partial charge in [0.1, 0.15) is 11.0 Å². The van der Waals surface area contributed by atoms with Crippen LogP contribution >= 0.6 is 23.4 Å². The van der Waals surface area contributed by atoms with Gasteiger partial charge in [-0.15, -0.1) is 0 Å². The molecule has 0 saturated heterocycles. The zero-order chi connectivity index (χ0) is 29.2. The van der Waals surface area contributed by atoms with Gasteiger partial charge in [0.05, 0.1) is 34.9 Å². The minimum absolute atomic E-state index is 0.209. The fraction of sp³-hybridized carbons (Fsp3) is 0.375. The smallest absolute Gasteiger partial charge is 0.465 e. The number of carbonyl (C=O) groups is 2. The Morgan fingerprint density at radius 2 is 1.85 bits per heavy atom. The molecule has 0 aliphatic heterocycles. The average Bonchev–Trinajstić information content (AvgIpc) is 2.87. The highest BCUT2D eigenvalue weighted by Crippen LogP contribution is 2.35. The van der Waals surface area contributed by atoms with E-state index in [2.05, 4.69) is 5.16 Å². The van der Waals surface area contributed by atoms with Gasteiger partial charge in [-0.25, -0.2) is 0 Å². The monoisotopic (exact) mass is 592 g/mol. The van der Waals surface area contributed by atoms with Crippen molar-refractivity contribution in [1.82, 2.24) is 0 Å². The maximum absolute atomic E-state index is 12.8. The zero-order valence-corrected chi connectivity index (χ0v) is 22.4. The first-order valence-corrected chi connectivity index (χ1v) is 12.5. The van der Waals surface area contributed by atoms with Crippen molar-refractivity contribution >= 4 is 40.7 Å². The van der Waals surface area contributed by atoms with Gasteiger partial charge in [0.25, 0.3) is 0 Å². The van der Waals surface area contributed by atoms with E-state index in [0.717, 1.165) is 17.8 Å². The maximum Gasteiger partial charge on any atom is 0.475 e. The Bertz CT molecular complexity index is 1180. The van der Waals surface area contributed by atoms with Crippen molar-refractivity contribution in [2.24, 2.45) is 5.16 Å². The molecule has 0 fully saturated rings. The lowest BCUT2D eigenvalue weighted by Gasteiger charge is -2.14. The number of carbonyl (C=O) groups excluding carboxylic acids is 2. The highest BCUT2D eigenvalue weighted by Gasteiger charge is 2.32. The average molecular weight is 593 g/mol. The number of benzene rings is 2. The van der Waals surface area contributed by atoms with Gasteiger partial charge >= 0.3 is 18.6 Å². The number of halogens is 4. The van der Waals surface area contributed by atoms with Gasteiger partial charge in [-0.05, 0) is 50.1 Å². The fourth-order valence-corrected chi connectivity index (χ4v) is 3.66. The Balaban J connectivity index is 1.89. The lowest BCUT2D eigenvalue weighted by Crippen LogP contribution is -2.29. The first kappa shape index (κ1) is 31.9. The van der Waals surface area contributed by atoms with Crippen molar-refractivity contribution in [1.29, 1.82) is 0 Å². The summed E-state index contributed by atoms with van der Waals surface area (Å²) in [5.41, 5.74) is 0.0514. The molecular weight excluding hydrogens is 569 g/mol. The minimum Gasteiger partial charge on any atom is -0.465 e. The topological polar surface area (TPSA) is 127 Å². The highest BCUT2D eigenvalue weighted by molar-refractivity contribution is 8.14. The number of esters is 1. The third kappa shape index (κ3) is 10.4. The number of nitro groups is 1. The third-order valence-electron chi connectivity index (χ3n) is 4.70. The van der Waals surface area contributed by atoms with Gasteiger partial charge < -0.3 is 14.3 Å². The van der Waals surface area contributed by atoms with Gasteiger partial charge in [0.2, 0.25) is 5.12 Å². The summed E-state index contributed by atoms with van der Waals surface area (Å²) >= 11 is 6.56. The van der Waals surface area contributed by atoms with Crippen LogP contribution in [0.2, 0.25) is 5.02 Å². The van der Waals surface area contributed by atoms with Gasteiger partial charge in [-0.3, -0.25) is 24.4 Å². The van der Waals surface area contributed by atoms with Gasteiger partial charge in [0, 0.05) is 0 Å². The predicted molar refractivity (Wildman–Crippen MR) is 136 cm³/mol. The van der Waals surface area contributed by atoms with Crippen LogP contribution in [-0.4, -0.2) is 46.6 Å². The number of hydrogen-bond donors (Lipinski definition) is 0. The molecule has 0 aromatic heterocycles. The SMILES string of the molecule is CCOC(=O)C(C)SC(=O)C(C)O/N=C/c1ccc(COC(Oc2ccc(C(F)(F)F)cc2Cl)[N+](=O)[O-])cc1. The van der Waals surface area contributed by atoms with Crippen molar-refractivity contribution in [2.45, 2.75) is 51.3 Å². The van der Waals surface area contributed by atoms with Crippen LogP contribution in [0, 0.1) is 10.1 Å². The van der Waals surface area contributed by atoms with E-state index in [1.807, 2.05) is 0 Å². The number of rotatable bonds is 13. The zero-order valence-electron chi connectivity index (χ0n) is 20.8. The molecule has 10 nitrogen and oxygen atoms in total. The lowest BCUT2D eigenvalue weighted by molar-refractivity contribution is -0.621. The number of hydrogen-bond acceptors (Lipinski definition) is 10. The Labute approximate surface area is 230 Å². The number of alkyl halides is 3. The second-order valence-corrected chi connectivity index (χ2v) is 9.47. The van der Waals surface area contributed by atoms with Gasteiger partial charge in [-0.2, -0.15) is 13.2 Å². The predicted octanol–water partition coefficient (Wildman–Crippen LogP) is 5.47. The van der Waals surface area contributed by atoms with E-state index in [1.54, 1.807) is 38.1 Å². The summed E-state index contributed by atoms with van der Waals surface area (Å²) in [5, 5.41) is 13.5. The van der Waals surface area contributed by atoms with Crippen LogP contribution in [0.3, 0.4) is 0 Å².